The van der Waals surface area contributed by atoms with Crippen molar-refractivity contribution in [2.24, 2.45) is 5.73 Å². The monoisotopic (exact) mass is 88.1 g/mol. The Morgan fingerprint density at radius 3 is 2.83 bits per heavy atom. The summed E-state index contributed by atoms with van der Waals surface area (Å²) < 4.78 is 0. The second kappa shape index (κ2) is 1.55. The zero-order valence-corrected chi connectivity index (χ0v) is 3.48. The Kier molecular flexibility index (Phi) is 1.05. The predicted molar refractivity (Wildman–Crippen MR) is 21.9 cm³/mol. The van der Waals surface area contributed by atoms with Crippen LogP contribution in [0.25, 0.3) is 0 Å². The average Bonchev–Trinajstić information content (AvgIpc) is 1.86. The van der Waals surface area contributed by atoms with Crippen molar-refractivity contribution in [3.63, 3.8) is 0 Å². The van der Waals surface area contributed by atoms with Gasteiger partial charge in [-0.3, -0.25) is 0 Å². The van der Waals surface area contributed by atoms with E-state index in [4.69, 9.17) is 5.73 Å². The van der Waals surface area contributed by atoms with E-state index in [9.17, 15) is 0 Å². The van der Waals surface area contributed by atoms with E-state index in [1.54, 1.807) is 0 Å². The van der Waals surface area contributed by atoms with E-state index in [2.05, 4.69) is 10.3 Å². The maximum atomic E-state index is 5.35. The minimum atomic E-state index is 0.213. The zero-order valence-electron chi connectivity index (χ0n) is 3.48. The second-order valence-electron chi connectivity index (χ2n) is 1.42. The van der Waals surface area contributed by atoms with Crippen LogP contribution in [0.2, 0.25) is 0 Å². The van der Waals surface area contributed by atoms with Crippen LogP contribution < -0.4 is 11.2 Å². The number of hydrogen-bond acceptors (Lipinski definition) is 3. The Morgan fingerprint density at radius 1 is 1.83 bits per heavy atom. The summed E-state index contributed by atoms with van der Waals surface area (Å²) in [5, 5.41) is 0. The summed E-state index contributed by atoms with van der Waals surface area (Å²) >= 11 is 0. The number of nitrogens with one attached hydrogen (secondary N) is 1. The van der Waals surface area contributed by atoms with Crippen molar-refractivity contribution in [2.75, 3.05) is 13.2 Å². The molecule has 0 amide bonds. The van der Waals surface area contributed by atoms with Gasteiger partial charge in [0.2, 0.25) is 0 Å². The molecule has 1 atom stereocenters. The quantitative estimate of drug-likeness (QED) is 0.393. The summed E-state index contributed by atoms with van der Waals surface area (Å²) in [6.07, 6.45) is 0. The first-order valence-electron chi connectivity index (χ1n) is 2.00. The highest BCUT2D eigenvalue weighted by atomic mass is 16.7. The summed E-state index contributed by atoms with van der Waals surface area (Å²) in [6, 6.07) is 0.213. The molecule has 0 bridgehead atoms. The van der Waals surface area contributed by atoms with Crippen LogP contribution in [0.1, 0.15) is 0 Å². The molecular weight excluding hydrogens is 80.0 g/mol. The average molecular weight is 88.1 g/mol. The van der Waals surface area contributed by atoms with E-state index >= 15 is 0 Å². The summed E-state index contributed by atoms with van der Waals surface area (Å²) in [5.74, 6) is 0. The summed E-state index contributed by atoms with van der Waals surface area (Å²) in [4.78, 5) is 4.68. The highest BCUT2D eigenvalue weighted by Crippen LogP contribution is 1.83. The molecule has 1 saturated heterocycles. The first-order chi connectivity index (χ1) is 2.89. The van der Waals surface area contributed by atoms with E-state index in [-0.39, 0.29) is 6.04 Å². The molecule has 0 spiro atoms. The van der Waals surface area contributed by atoms with Crippen LogP contribution in [-0.2, 0) is 4.84 Å². The Balaban J connectivity index is 2.18. The molecule has 3 heteroatoms. The van der Waals surface area contributed by atoms with Crippen LogP contribution in [0, 0.1) is 0 Å². The van der Waals surface area contributed by atoms with Gasteiger partial charge >= 0.3 is 0 Å². The molecule has 0 radical (unpaired) electrons. The molecule has 0 aromatic rings. The van der Waals surface area contributed by atoms with Gasteiger partial charge in [-0.15, -0.1) is 0 Å². The maximum Gasteiger partial charge on any atom is 0.0846 e. The van der Waals surface area contributed by atoms with E-state index in [1.807, 2.05) is 0 Å². The molecule has 0 aromatic carbocycles. The van der Waals surface area contributed by atoms with Crippen LogP contribution in [0.15, 0.2) is 0 Å². The Hall–Kier alpha value is -0.120. The van der Waals surface area contributed by atoms with Crippen LogP contribution in [-0.4, -0.2) is 19.2 Å². The molecule has 6 heavy (non-hydrogen) atoms. The van der Waals surface area contributed by atoms with Crippen molar-refractivity contribution >= 4 is 0 Å². The van der Waals surface area contributed by atoms with Crippen LogP contribution in [0.4, 0.5) is 0 Å². The van der Waals surface area contributed by atoms with Crippen molar-refractivity contribution in [3.05, 3.63) is 0 Å². The lowest BCUT2D eigenvalue weighted by molar-refractivity contribution is 0.101. The van der Waals surface area contributed by atoms with Gasteiger partial charge in [-0.2, -0.15) is 0 Å². The third-order valence-electron chi connectivity index (χ3n) is 0.745. The van der Waals surface area contributed by atoms with Gasteiger partial charge in [-0.05, 0) is 0 Å². The fourth-order valence-corrected chi connectivity index (χ4v) is 0.391. The van der Waals surface area contributed by atoms with Crippen molar-refractivity contribution < 1.29 is 4.84 Å². The Morgan fingerprint density at radius 2 is 2.67 bits per heavy atom. The first-order valence-corrected chi connectivity index (χ1v) is 2.00. The van der Waals surface area contributed by atoms with Gasteiger partial charge in [0.05, 0.1) is 6.61 Å². The lowest BCUT2D eigenvalue weighted by Gasteiger charge is -1.88. The van der Waals surface area contributed by atoms with Gasteiger partial charge in [-0.25, -0.2) is 5.48 Å². The molecule has 1 rings (SSSR count). The predicted octanol–water partition coefficient (Wildman–Crippen LogP) is -1.15. The van der Waals surface area contributed by atoms with Gasteiger partial charge in [0.1, 0.15) is 0 Å². The molecular formula is C3H8N2O. The lowest BCUT2D eigenvalue weighted by Crippen LogP contribution is -2.24. The van der Waals surface area contributed by atoms with E-state index in [0.29, 0.717) is 6.61 Å². The Labute approximate surface area is 36.4 Å². The number of hydrogen-bond donors (Lipinski definition) is 2. The SMILES string of the molecule is N[C@@H]1CNOC1. The zero-order chi connectivity index (χ0) is 4.41. The molecule has 0 aliphatic carbocycles. The maximum absolute atomic E-state index is 5.35. The normalized spacial score (nSPS) is 34.5. The van der Waals surface area contributed by atoms with Gasteiger partial charge < -0.3 is 10.6 Å². The molecule has 1 aliphatic heterocycles. The fourth-order valence-electron chi connectivity index (χ4n) is 0.391. The molecule has 0 unspecified atom stereocenters. The van der Waals surface area contributed by atoms with E-state index in [0.717, 1.165) is 6.54 Å². The van der Waals surface area contributed by atoms with Crippen LogP contribution >= 0.6 is 0 Å². The first kappa shape index (κ1) is 4.05. The van der Waals surface area contributed by atoms with Crippen molar-refractivity contribution in [3.8, 4) is 0 Å². The van der Waals surface area contributed by atoms with E-state index < -0.39 is 0 Å². The minimum Gasteiger partial charge on any atom is -0.325 e. The molecule has 1 fully saturated rings. The standard InChI is InChI=1S/C3H8N2O/c4-3-1-5-6-2-3/h3,5H,1-2,4H2/t3-/m1/s1. The number of hydroxylamine groups is 1. The van der Waals surface area contributed by atoms with Crippen LogP contribution in [0.3, 0.4) is 0 Å². The topological polar surface area (TPSA) is 47.3 Å². The number of rotatable bonds is 0. The van der Waals surface area contributed by atoms with Gasteiger partial charge in [0, 0.05) is 12.6 Å². The molecule has 1 heterocycles. The molecule has 3 nitrogen and oxygen atoms in total. The fraction of sp³-hybridized carbons (Fsp3) is 1.00. The van der Waals surface area contributed by atoms with Crippen LogP contribution in [0.5, 0.6) is 0 Å². The summed E-state index contributed by atoms with van der Waals surface area (Å²) in [5.41, 5.74) is 7.99. The molecule has 36 valence electrons. The van der Waals surface area contributed by atoms with E-state index in [1.165, 1.54) is 0 Å². The minimum absolute atomic E-state index is 0.213. The molecule has 0 saturated carbocycles. The molecule has 3 N–H and O–H groups in total. The summed E-state index contributed by atoms with van der Waals surface area (Å²) in [7, 11) is 0. The largest absolute Gasteiger partial charge is 0.325 e. The molecule has 1 aliphatic rings. The van der Waals surface area contributed by atoms with Gasteiger partial charge in [-0.1, -0.05) is 0 Å². The highest BCUT2D eigenvalue weighted by Gasteiger charge is 2.07. The second-order valence-corrected chi connectivity index (χ2v) is 1.42. The third-order valence-corrected chi connectivity index (χ3v) is 0.745. The Bertz CT molecular complexity index is 42.1. The van der Waals surface area contributed by atoms with Crippen molar-refractivity contribution in [1.82, 2.24) is 5.48 Å². The van der Waals surface area contributed by atoms with Gasteiger partial charge in [0.25, 0.3) is 0 Å². The van der Waals surface area contributed by atoms with Crippen molar-refractivity contribution in [1.29, 1.82) is 0 Å². The smallest absolute Gasteiger partial charge is 0.0846 e. The molecule has 0 aromatic heterocycles. The van der Waals surface area contributed by atoms with Gasteiger partial charge in [0.15, 0.2) is 0 Å². The van der Waals surface area contributed by atoms with Crippen molar-refractivity contribution in [2.45, 2.75) is 6.04 Å². The number of nitrogens with two attached hydrogens (primary N) is 1. The lowest BCUT2D eigenvalue weighted by atomic mass is 10.4. The third kappa shape index (κ3) is 0.680. The summed E-state index contributed by atoms with van der Waals surface area (Å²) in [6.45, 7) is 1.44. The highest BCUT2D eigenvalue weighted by molar-refractivity contribution is 4.63.